The molecule has 0 aromatic heterocycles. The summed E-state index contributed by atoms with van der Waals surface area (Å²) in [5, 5.41) is 3.29. The van der Waals surface area contributed by atoms with E-state index in [4.69, 9.17) is 9.47 Å². The number of carbonyl (C=O) groups excluding carboxylic acids is 2. The molecular formula is C21H26INO4. The number of piperidine rings is 1. The number of hydrogen-bond acceptors (Lipinski definition) is 5. The third kappa shape index (κ3) is 6.22. The number of carbonyl (C=O) groups is 2. The fraction of sp³-hybridized carbons (Fsp3) is 0.524. The number of alkyl halides is 1. The summed E-state index contributed by atoms with van der Waals surface area (Å²) in [6.45, 7) is 8.37. The Morgan fingerprint density at radius 2 is 1.70 bits per heavy atom. The van der Waals surface area contributed by atoms with E-state index in [1.807, 2.05) is 52.9 Å². The van der Waals surface area contributed by atoms with E-state index < -0.39 is 20.6 Å². The van der Waals surface area contributed by atoms with E-state index >= 15 is 0 Å². The van der Waals surface area contributed by atoms with Gasteiger partial charge in [0, 0.05) is 18.8 Å². The fourth-order valence-electron chi connectivity index (χ4n) is 2.81. The summed E-state index contributed by atoms with van der Waals surface area (Å²) in [4.78, 5) is 24.5. The van der Waals surface area contributed by atoms with Crippen molar-refractivity contribution in [3.63, 3.8) is 0 Å². The van der Waals surface area contributed by atoms with Gasteiger partial charge in [-0.25, -0.2) is 4.79 Å². The number of esters is 2. The van der Waals surface area contributed by atoms with Crippen molar-refractivity contribution in [2.24, 2.45) is 0 Å². The maximum atomic E-state index is 12.5. The highest BCUT2D eigenvalue weighted by Gasteiger charge is 2.37. The Morgan fingerprint density at radius 1 is 1.11 bits per heavy atom. The van der Waals surface area contributed by atoms with Crippen LogP contribution in [0, 0.1) is 11.8 Å². The zero-order valence-corrected chi connectivity index (χ0v) is 18.4. The number of hydrogen-bond donors (Lipinski definition) is 1. The molecular weight excluding hydrogens is 457 g/mol. The van der Waals surface area contributed by atoms with Crippen LogP contribution in [0.2, 0.25) is 0 Å². The first kappa shape index (κ1) is 21.7. The maximum Gasteiger partial charge on any atom is 0.385 e. The van der Waals surface area contributed by atoms with Crippen LogP contribution in [-0.2, 0) is 24.7 Å². The first-order chi connectivity index (χ1) is 12.5. The average molecular weight is 483 g/mol. The number of halogens is 1. The van der Waals surface area contributed by atoms with E-state index in [0.29, 0.717) is 12.8 Å². The molecule has 1 aromatic carbocycles. The summed E-state index contributed by atoms with van der Waals surface area (Å²) in [6, 6.07) is 9.76. The summed E-state index contributed by atoms with van der Waals surface area (Å²) in [7, 11) is 0. The molecule has 1 aromatic rings. The molecule has 1 aliphatic rings. The second kappa shape index (κ2) is 8.61. The molecule has 0 amide bonds. The highest BCUT2D eigenvalue weighted by atomic mass is 127. The molecule has 0 saturated carbocycles. The van der Waals surface area contributed by atoms with Crippen molar-refractivity contribution in [1.29, 1.82) is 0 Å². The van der Waals surface area contributed by atoms with Gasteiger partial charge in [-0.3, -0.25) is 4.79 Å². The predicted octanol–water partition coefficient (Wildman–Crippen LogP) is 3.35. The Balaban J connectivity index is 2.13. The topological polar surface area (TPSA) is 64.6 Å². The van der Waals surface area contributed by atoms with E-state index in [1.54, 1.807) is 27.7 Å². The molecule has 0 radical (unpaired) electrons. The van der Waals surface area contributed by atoms with Crippen molar-refractivity contribution >= 4 is 34.5 Å². The van der Waals surface area contributed by atoms with Crippen LogP contribution in [0.5, 0.6) is 0 Å². The van der Waals surface area contributed by atoms with Gasteiger partial charge in [0.1, 0.15) is 9.02 Å². The van der Waals surface area contributed by atoms with Gasteiger partial charge in [-0.05, 0) is 52.3 Å². The highest BCUT2D eigenvalue weighted by Crippen LogP contribution is 2.34. The molecule has 0 aliphatic carbocycles. The van der Waals surface area contributed by atoms with Gasteiger partial charge in [-0.15, -0.1) is 0 Å². The molecule has 27 heavy (non-hydrogen) atoms. The van der Waals surface area contributed by atoms with Crippen LogP contribution >= 0.6 is 22.6 Å². The molecule has 1 N–H and O–H groups in total. The van der Waals surface area contributed by atoms with Crippen molar-refractivity contribution in [3.8, 4) is 11.8 Å². The zero-order valence-electron chi connectivity index (χ0n) is 16.2. The SMILES string of the molecule is CC(C)(C#CC(=O)OC1(c2ccccc2)CCNCC1)OC(=O)C(C)(C)I. The normalized spacial score (nSPS) is 16.6. The third-order valence-electron chi connectivity index (χ3n) is 4.30. The van der Waals surface area contributed by atoms with Gasteiger partial charge in [0.25, 0.3) is 0 Å². The van der Waals surface area contributed by atoms with Crippen LogP contribution in [0.25, 0.3) is 0 Å². The van der Waals surface area contributed by atoms with Gasteiger partial charge >= 0.3 is 11.9 Å². The van der Waals surface area contributed by atoms with Gasteiger partial charge in [-0.2, -0.15) is 0 Å². The quantitative estimate of drug-likeness (QED) is 0.234. The Labute approximate surface area is 174 Å². The summed E-state index contributed by atoms with van der Waals surface area (Å²) >= 11 is 2.01. The summed E-state index contributed by atoms with van der Waals surface area (Å²) in [5.41, 5.74) is -0.783. The monoisotopic (exact) mass is 483 g/mol. The molecule has 0 spiro atoms. The van der Waals surface area contributed by atoms with Crippen molar-refractivity contribution in [1.82, 2.24) is 5.32 Å². The van der Waals surface area contributed by atoms with Crippen LogP contribution in [0.15, 0.2) is 30.3 Å². The molecule has 0 bridgehead atoms. The second-order valence-electron chi connectivity index (χ2n) is 7.62. The highest BCUT2D eigenvalue weighted by molar-refractivity contribution is 14.1. The Kier molecular flexibility index (Phi) is 6.92. The Hall–Kier alpha value is -1.59. The molecule has 0 unspecified atom stereocenters. The largest absolute Gasteiger partial charge is 0.445 e. The minimum absolute atomic E-state index is 0.380. The van der Waals surface area contributed by atoms with E-state index in [0.717, 1.165) is 18.7 Å². The maximum absolute atomic E-state index is 12.5. The molecule has 146 valence electrons. The summed E-state index contributed by atoms with van der Waals surface area (Å²) < 4.78 is 10.6. The minimum Gasteiger partial charge on any atom is -0.445 e. The average Bonchev–Trinajstić information content (AvgIpc) is 2.60. The molecule has 1 fully saturated rings. The molecule has 6 heteroatoms. The van der Waals surface area contributed by atoms with Crippen molar-refractivity contribution in [3.05, 3.63) is 35.9 Å². The Bertz CT molecular complexity index is 735. The second-order valence-corrected chi connectivity index (χ2v) is 10.3. The number of nitrogens with one attached hydrogen (secondary N) is 1. The smallest absolute Gasteiger partial charge is 0.385 e. The number of benzene rings is 1. The standard InChI is InChI=1S/C21H26INO4/c1-19(2,27-18(25)20(3,4)22)11-10-17(24)26-21(12-14-23-15-13-21)16-8-6-5-7-9-16/h5-9,23H,12-15H2,1-4H3. The number of rotatable bonds is 4. The number of ether oxygens (including phenoxy) is 2. The van der Waals surface area contributed by atoms with Gasteiger partial charge in [0.05, 0.1) is 0 Å². The van der Waals surface area contributed by atoms with Crippen molar-refractivity contribution in [2.75, 3.05) is 13.1 Å². The van der Waals surface area contributed by atoms with E-state index in [9.17, 15) is 9.59 Å². The first-order valence-electron chi connectivity index (χ1n) is 8.99. The minimum atomic E-state index is -1.08. The van der Waals surface area contributed by atoms with Crippen molar-refractivity contribution in [2.45, 2.75) is 55.2 Å². The van der Waals surface area contributed by atoms with Gasteiger partial charge in [0.15, 0.2) is 5.60 Å². The fourth-order valence-corrected chi connectivity index (χ4v) is 2.92. The van der Waals surface area contributed by atoms with Crippen LogP contribution < -0.4 is 5.32 Å². The predicted molar refractivity (Wildman–Crippen MR) is 112 cm³/mol. The molecule has 5 nitrogen and oxygen atoms in total. The van der Waals surface area contributed by atoms with Gasteiger partial charge < -0.3 is 14.8 Å². The first-order valence-corrected chi connectivity index (χ1v) is 10.1. The summed E-state index contributed by atoms with van der Waals surface area (Å²) in [6.07, 6.45) is 1.37. The lowest BCUT2D eigenvalue weighted by atomic mass is 9.85. The van der Waals surface area contributed by atoms with E-state index in [1.165, 1.54) is 0 Å². The Morgan fingerprint density at radius 3 is 2.26 bits per heavy atom. The van der Waals surface area contributed by atoms with Crippen LogP contribution in [0.3, 0.4) is 0 Å². The lowest BCUT2D eigenvalue weighted by Gasteiger charge is -2.37. The summed E-state index contributed by atoms with van der Waals surface area (Å²) in [5.74, 6) is 4.25. The van der Waals surface area contributed by atoms with Crippen LogP contribution in [-0.4, -0.2) is 34.1 Å². The van der Waals surface area contributed by atoms with Gasteiger partial charge in [0.2, 0.25) is 0 Å². The van der Waals surface area contributed by atoms with Crippen LogP contribution in [0.4, 0.5) is 0 Å². The lowest BCUT2D eigenvalue weighted by Crippen LogP contribution is -2.43. The molecule has 2 rings (SSSR count). The van der Waals surface area contributed by atoms with E-state index in [2.05, 4.69) is 17.2 Å². The van der Waals surface area contributed by atoms with E-state index in [-0.39, 0.29) is 5.97 Å². The lowest BCUT2D eigenvalue weighted by molar-refractivity contribution is -0.157. The van der Waals surface area contributed by atoms with Crippen molar-refractivity contribution < 1.29 is 19.1 Å². The molecule has 0 atom stereocenters. The third-order valence-corrected chi connectivity index (χ3v) is 4.74. The molecule has 1 aliphatic heterocycles. The zero-order chi connectivity index (χ0) is 20.1. The van der Waals surface area contributed by atoms with Gasteiger partial charge in [-0.1, -0.05) is 52.9 Å². The molecule has 1 saturated heterocycles. The molecule has 1 heterocycles. The van der Waals surface area contributed by atoms with Crippen LogP contribution in [0.1, 0.15) is 46.1 Å².